The molecule has 0 spiro atoms. The van der Waals surface area contributed by atoms with E-state index < -0.39 is 17.0 Å². The quantitative estimate of drug-likeness (QED) is 0.410. The molecule has 3 aromatic heterocycles. The van der Waals surface area contributed by atoms with Gasteiger partial charge in [-0.05, 0) is 55.5 Å². The Morgan fingerprint density at radius 3 is 2.77 bits per heavy atom. The van der Waals surface area contributed by atoms with Crippen molar-refractivity contribution in [3.8, 4) is 11.8 Å². The zero-order valence-corrected chi connectivity index (χ0v) is 20.0. The first-order chi connectivity index (χ1) is 16.6. The molecule has 1 aliphatic carbocycles. The number of nitrogens with one attached hydrogen (secondary N) is 1. The summed E-state index contributed by atoms with van der Waals surface area (Å²) in [5.41, 5.74) is 3.29. The molecule has 35 heavy (non-hydrogen) atoms. The van der Waals surface area contributed by atoms with E-state index in [0.29, 0.717) is 29.6 Å². The van der Waals surface area contributed by atoms with Gasteiger partial charge in [0, 0.05) is 41.3 Å². The molecule has 0 saturated heterocycles. The van der Waals surface area contributed by atoms with Gasteiger partial charge in [-0.1, -0.05) is 13.8 Å². The summed E-state index contributed by atoms with van der Waals surface area (Å²) in [4.78, 5) is 16.9. The van der Waals surface area contributed by atoms with Gasteiger partial charge in [-0.2, -0.15) is 10.4 Å². The summed E-state index contributed by atoms with van der Waals surface area (Å²) in [6.45, 7) is 5.70. The number of aliphatic carboxylic acids is 1. The number of hydrogen-bond acceptors (Lipinski definition) is 5. The van der Waals surface area contributed by atoms with Gasteiger partial charge in [0.15, 0.2) is 11.2 Å². The number of fused-ring (bicyclic) bond motifs is 2. The summed E-state index contributed by atoms with van der Waals surface area (Å²) in [6, 6.07) is 9.21. The Morgan fingerprint density at radius 1 is 1.40 bits per heavy atom. The van der Waals surface area contributed by atoms with Gasteiger partial charge in [-0.3, -0.25) is 5.10 Å². The first-order valence-corrected chi connectivity index (χ1v) is 11.4. The third-order valence-electron chi connectivity index (χ3n) is 7.28. The standard InChI is InChI=1S/C26H26FN5O3/c1-14-9-17(5-6-18(14)27)32-19-10-15-13-29-31-23(15)30-21(19)20(22(32)25(2,3)7-8-28)16-11-26(12-16,35-4)24(33)34/h5-6,9-10,13,16H,7,11-12H2,1-4H3,(H,33,34)(H,29,30,31). The lowest BCUT2D eigenvalue weighted by Gasteiger charge is -2.44. The topological polar surface area (TPSA) is 117 Å². The molecule has 2 N–H and O–H groups in total. The molecule has 0 radical (unpaired) electrons. The first kappa shape index (κ1) is 23.0. The number of methoxy groups -OCH3 is 1. The summed E-state index contributed by atoms with van der Waals surface area (Å²) < 4.78 is 21.7. The maximum Gasteiger partial charge on any atom is 0.335 e. The van der Waals surface area contributed by atoms with E-state index in [1.165, 1.54) is 13.2 Å². The van der Waals surface area contributed by atoms with Crippen LogP contribution in [0.2, 0.25) is 0 Å². The molecule has 0 bridgehead atoms. The molecule has 1 aromatic carbocycles. The number of hydrogen-bond donors (Lipinski definition) is 2. The predicted molar refractivity (Wildman–Crippen MR) is 128 cm³/mol. The number of pyridine rings is 1. The Labute approximate surface area is 201 Å². The third kappa shape index (κ3) is 3.40. The van der Waals surface area contributed by atoms with Gasteiger partial charge < -0.3 is 14.4 Å². The van der Waals surface area contributed by atoms with Crippen LogP contribution in [0, 0.1) is 24.1 Å². The van der Waals surface area contributed by atoms with Crippen molar-refractivity contribution in [1.29, 1.82) is 5.26 Å². The van der Waals surface area contributed by atoms with Gasteiger partial charge in [0.1, 0.15) is 5.82 Å². The second-order valence-corrected chi connectivity index (χ2v) is 10.0. The number of nitrogens with zero attached hydrogens (tertiary/aromatic N) is 4. The van der Waals surface area contributed by atoms with Crippen molar-refractivity contribution in [1.82, 2.24) is 19.7 Å². The zero-order valence-electron chi connectivity index (χ0n) is 20.0. The predicted octanol–water partition coefficient (Wildman–Crippen LogP) is 4.89. The van der Waals surface area contributed by atoms with Crippen molar-refractivity contribution in [3.05, 3.63) is 53.1 Å². The van der Waals surface area contributed by atoms with Crippen LogP contribution in [0.1, 0.15) is 55.8 Å². The summed E-state index contributed by atoms with van der Waals surface area (Å²) in [7, 11) is 1.42. The molecule has 3 heterocycles. The van der Waals surface area contributed by atoms with Gasteiger partial charge in [-0.15, -0.1) is 0 Å². The highest BCUT2D eigenvalue weighted by atomic mass is 19.1. The summed E-state index contributed by atoms with van der Waals surface area (Å²) in [5, 5.41) is 27.3. The van der Waals surface area contributed by atoms with Crippen molar-refractivity contribution in [3.63, 3.8) is 0 Å². The van der Waals surface area contributed by atoms with Crippen LogP contribution in [-0.4, -0.2) is 43.5 Å². The fourth-order valence-corrected chi connectivity index (χ4v) is 5.33. The minimum Gasteiger partial charge on any atom is -0.479 e. The van der Waals surface area contributed by atoms with Crippen molar-refractivity contribution in [2.75, 3.05) is 7.11 Å². The molecule has 1 aliphatic rings. The second-order valence-electron chi connectivity index (χ2n) is 10.0. The molecule has 5 rings (SSSR count). The number of nitriles is 1. The normalized spacial score (nSPS) is 20.2. The van der Waals surface area contributed by atoms with E-state index in [9.17, 15) is 19.6 Å². The van der Waals surface area contributed by atoms with Crippen LogP contribution >= 0.6 is 0 Å². The number of ether oxygens (including phenoxy) is 1. The number of aryl methyl sites for hydroxylation is 1. The number of aromatic nitrogens is 4. The number of halogens is 1. The fraction of sp³-hybridized carbons (Fsp3) is 0.385. The molecule has 0 amide bonds. The number of rotatable bonds is 6. The van der Waals surface area contributed by atoms with E-state index >= 15 is 0 Å². The Morgan fingerprint density at radius 2 is 2.14 bits per heavy atom. The average Bonchev–Trinajstić information content (AvgIpc) is 3.36. The lowest BCUT2D eigenvalue weighted by Crippen LogP contribution is -2.51. The van der Waals surface area contributed by atoms with Gasteiger partial charge in [-0.25, -0.2) is 14.2 Å². The highest BCUT2D eigenvalue weighted by Gasteiger charge is 2.53. The van der Waals surface area contributed by atoms with E-state index in [0.717, 1.165) is 27.8 Å². The highest BCUT2D eigenvalue weighted by Crippen LogP contribution is 2.53. The van der Waals surface area contributed by atoms with Gasteiger partial charge >= 0.3 is 5.97 Å². The molecule has 1 fully saturated rings. The zero-order chi connectivity index (χ0) is 25.1. The Balaban J connectivity index is 1.86. The van der Waals surface area contributed by atoms with Crippen molar-refractivity contribution < 1.29 is 19.0 Å². The Kier molecular flexibility index (Phi) is 5.18. The molecular formula is C26H26FN5O3. The van der Waals surface area contributed by atoms with E-state index in [2.05, 4.69) is 16.3 Å². The number of carboxylic acid groups (broad SMARTS) is 1. The monoisotopic (exact) mass is 475 g/mol. The van der Waals surface area contributed by atoms with E-state index in [-0.39, 0.29) is 18.2 Å². The maximum atomic E-state index is 14.2. The molecule has 0 atom stereocenters. The Bertz CT molecular complexity index is 1520. The van der Waals surface area contributed by atoms with Crippen LogP contribution in [0.15, 0.2) is 30.5 Å². The van der Waals surface area contributed by atoms with E-state index in [4.69, 9.17) is 9.72 Å². The Hall–Kier alpha value is -3.77. The van der Waals surface area contributed by atoms with Gasteiger partial charge in [0.2, 0.25) is 0 Å². The van der Waals surface area contributed by atoms with Gasteiger partial charge in [0.05, 0.1) is 23.3 Å². The number of H-pyrrole nitrogens is 1. The summed E-state index contributed by atoms with van der Waals surface area (Å²) in [6.07, 6.45) is 2.51. The minimum atomic E-state index is -1.25. The largest absolute Gasteiger partial charge is 0.479 e. The van der Waals surface area contributed by atoms with E-state index in [1.54, 1.807) is 25.3 Å². The second kappa shape index (κ2) is 7.89. The van der Waals surface area contributed by atoms with Gasteiger partial charge in [0.25, 0.3) is 0 Å². The lowest BCUT2D eigenvalue weighted by molar-refractivity contribution is -0.175. The van der Waals surface area contributed by atoms with Crippen molar-refractivity contribution >= 4 is 28.0 Å². The molecule has 0 unspecified atom stereocenters. The van der Waals surface area contributed by atoms with Crippen molar-refractivity contribution in [2.45, 2.75) is 57.0 Å². The minimum absolute atomic E-state index is 0.141. The third-order valence-corrected chi connectivity index (χ3v) is 7.28. The first-order valence-electron chi connectivity index (χ1n) is 11.4. The maximum absolute atomic E-state index is 14.2. The fourth-order valence-electron chi connectivity index (χ4n) is 5.33. The van der Waals surface area contributed by atoms with Crippen LogP contribution < -0.4 is 0 Å². The number of carbonyl (C=O) groups is 1. The average molecular weight is 476 g/mol. The van der Waals surface area contributed by atoms with Crippen molar-refractivity contribution in [2.24, 2.45) is 0 Å². The van der Waals surface area contributed by atoms with Crippen LogP contribution in [0.4, 0.5) is 4.39 Å². The van der Waals surface area contributed by atoms with Crippen LogP contribution in [0.25, 0.3) is 27.8 Å². The van der Waals surface area contributed by atoms with Crippen LogP contribution in [-0.2, 0) is 14.9 Å². The van der Waals surface area contributed by atoms with Crippen LogP contribution in [0.3, 0.4) is 0 Å². The lowest BCUT2D eigenvalue weighted by atomic mass is 9.65. The summed E-state index contributed by atoms with van der Waals surface area (Å²) in [5.74, 6) is -1.43. The molecular weight excluding hydrogens is 449 g/mol. The van der Waals surface area contributed by atoms with E-state index in [1.807, 2.05) is 24.5 Å². The number of benzene rings is 1. The smallest absolute Gasteiger partial charge is 0.335 e. The highest BCUT2D eigenvalue weighted by molar-refractivity contribution is 5.94. The summed E-state index contributed by atoms with van der Waals surface area (Å²) >= 11 is 0. The molecule has 8 nitrogen and oxygen atoms in total. The number of carboxylic acids is 1. The number of aromatic amines is 1. The molecule has 9 heteroatoms. The molecule has 0 aliphatic heterocycles. The van der Waals surface area contributed by atoms with Crippen LogP contribution in [0.5, 0.6) is 0 Å². The molecule has 4 aromatic rings. The molecule has 180 valence electrons. The SMILES string of the molecule is COC1(C(=O)O)CC(c2c(C(C)(C)CC#N)n(-c3ccc(F)c(C)c3)c3cc4cn[nH]c4nc23)C1. The molecule has 1 saturated carbocycles.